The molecular weight excluding hydrogens is 280 g/mol. The minimum absolute atomic E-state index is 0.108. The van der Waals surface area contributed by atoms with Crippen LogP contribution < -0.4 is 15.4 Å². The summed E-state index contributed by atoms with van der Waals surface area (Å²) in [5, 5.41) is 12.8. The zero-order valence-corrected chi connectivity index (χ0v) is 12.5. The van der Waals surface area contributed by atoms with Crippen molar-refractivity contribution in [3.05, 3.63) is 46.5 Å². The summed E-state index contributed by atoms with van der Waals surface area (Å²) < 4.78 is 1.31. The van der Waals surface area contributed by atoms with Crippen molar-refractivity contribution in [1.82, 2.24) is 14.8 Å². The van der Waals surface area contributed by atoms with Gasteiger partial charge in [0, 0.05) is 39.4 Å². The van der Waals surface area contributed by atoms with E-state index in [1.807, 2.05) is 13.1 Å². The van der Waals surface area contributed by atoms with Gasteiger partial charge in [-0.25, -0.2) is 9.67 Å². The molecule has 0 amide bonds. The van der Waals surface area contributed by atoms with Gasteiger partial charge in [-0.3, -0.25) is 4.79 Å². The number of nitrogens with zero attached hydrogens (tertiary/aromatic N) is 6. The fraction of sp³-hybridized carbons (Fsp3) is 0.333. The highest BCUT2D eigenvalue weighted by Crippen LogP contribution is 2.23. The molecule has 3 rings (SSSR count). The van der Waals surface area contributed by atoms with Crippen molar-refractivity contribution in [1.29, 1.82) is 5.26 Å². The van der Waals surface area contributed by atoms with E-state index in [4.69, 9.17) is 5.26 Å². The molecule has 0 saturated carbocycles. The van der Waals surface area contributed by atoms with Gasteiger partial charge in [0.15, 0.2) is 0 Å². The summed E-state index contributed by atoms with van der Waals surface area (Å²) in [6, 6.07) is 7.60. The van der Waals surface area contributed by atoms with Crippen molar-refractivity contribution in [2.24, 2.45) is 7.05 Å². The number of hydrogen-bond acceptors (Lipinski definition) is 6. The minimum atomic E-state index is -0.108. The first-order valence-corrected chi connectivity index (χ1v) is 6.96. The highest BCUT2D eigenvalue weighted by molar-refractivity contribution is 5.51. The number of likely N-dealkylation sites (N-methyl/N-ethyl adjacent to an activating group) is 1. The van der Waals surface area contributed by atoms with Crippen molar-refractivity contribution in [3.63, 3.8) is 0 Å². The van der Waals surface area contributed by atoms with E-state index in [0.29, 0.717) is 11.6 Å². The quantitative estimate of drug-likeness (QED) is 0.814. The molecule has 0 atom stereocenters. The van der Waals surface area contributed by atoms with Crippen LogP contribution in [0.2, 0.25) is 0 Å². The third kappa shape index (κ3) is 2.51. The van der Waals surface area contributed by atoms with Crippen LogP contribution in [0.1, 0.15) is 5.56 Å². The Morgan fingerprint density at radius 2 is 2.14 bits per heavy atom. The molecule has 1 aliphatic heterocycles. The first kappa shape index (κ1) is 14.1. The van der Waals surface area contributed by atoms with Gasteiger partial charge in [-0.15, -0.1) is 0 Å². The van der Waals surface area contributed by atoms with Crippen LogP contribution in [0.15, 0.2) is 35.4 Å². The molecule has 0 N–H and O–H groups in total. The Morgan fingerprint density at radius 3 is 2.73 bits per heavy atom. The first-order chi connectivity index (χ1) is 10.6. The average molecular weight is 296 g/mol. The van der Waals surface area contributed by atoms with E-state index in [2.05, 4.69) is 26.0 Å². The van der Waals surface area contributed by atoms with Crippen LogP contribution in [-0.2, 0) is 7.05 Å². The average Bonchev–Trinajstić information content (AvgIpc) is 2.49. The van der Waals surface area contributed by atoms with Crippen LogP contribution in [0.3, 0.4) is 0 Å². The molecule has 0 radical (unpaired) electrons. The summed E-state index contributed by atoms with van der Waals surface area (Å²) in [7, 11) is 3.62. The van der Waals surface area contributed by atoms with Crippen molar-refractivity contribution < 1.29 is 0 Å². The third-order valence-electron chi connectivity index (χ3n) is 3.97. The van der Waals surface area contributed by atoms with Crippen LogP contribution in [-0.4, -0.2) is 40.9 Å². The lowest BCUT2D eigenvalue weighted by Crippen LogP contribution is -2.59. The summed E-state index contributed by atoms with van der Waals surface area (Å²) in [6.45, 7) is 1.63. The first-order valence-electron chi connectivity index (χ1n) is 6.96. The second-order valence-electron chi connectivity index (χ2n) is 5.36. The Kier molecular flexibility index (Phi) is 3.51. The molecule has 1 aliphatic rings. The highest BCUT2D eigenvalue weighted by atomic mass is 16.1. The van der Waals surface area contributed by atoms with Crippen LogP contribution in [0, 0.1) is 11.3 Å². The van der Waals surface area contributed by atoms with Crippen molar-refractivity contribution in [2.45, 2.75) is 6.04 Å². The Morgan fingerprint density at radius 1 is 1.36 bits per heavy atom. The molecule has 3 heterocycles. The second-order valence-corrected chi connectivity index (χ2v) is 5.36. The molecule has 0 aliphatic carbocycles. The zero-order valence-electron chi connectivity index (χ0n) is 12.5. The van der Waals surface area contributed by atoms with Gasteiger partial charge in [-0.1, -0.05) is 0 Å². The molecule has 1 fully saturated rings. The van der Waals surface area contributed by atoms with Gasteiger partial charge in [-0.2, -0.15) is 10.4 Å². The Labute approximate surface area is 128 Å². The van der Waals surface area contributed by atoms with E-state index in [1.54, 1.807) is 31.6 Å². The fourth-order valence-electron chi connectivity index (χ4n) is 2.39. The van der Waals surface area contributed by atoms with E-state index in [-0.39, 0.29) is 5.56 Å². The highest BCUT2D eigenvalue weighted by Gasteiger charge is 2.31. The van der Waals surface area contributed by atoms with Gasteiger partial charge in [-0.05, 0) is 12.1 Å². The molecule has 0 spiro atoms. The Balaban J connectivity index is 1.65. The maximum absolute atomic E-state index is 11.6. The largest absolute Gasteiger partial charge is 0.366 e. The lowest BCUT2D eigenvalue weighted by Gasteiger charge is -2.45. The van der Waals surface area contributed by atoms with Crippen LogP contribution in [0.4, 0.5) is 11.5 Å². The molecular formula is C15H16N6O. The van der Waals surface area contributed by atoms with Crippen LogP contribution in [0.5, 0.6) is 0 Å². The molecule has 7 heteroatoms. The molecule has 0 bridgehead atoms. The van der Waals surface area contributed by atoms with Crippen molar-refractivity contribution in [3.8, 4) is 6.07 Å². The second kappa shape index (κ2) is 5.48. The van der Waals surface area contributed by atoms with E-state index in [1.165, 1.54) is 4.68 Å². The molecule has 2 aromatic heterocycles. The number of pyridine rings is 1. The van der Waals surface area contributed by atoms with Gasteiger partial charge < -0.3 is 9.80 Å². The van der Waals surface area contributed by atoms with E-state index in [0.717, 1.165) is 24.6 Å². The lowest BCUT2D eigenvalue weighted by atomic mass is 10.1. The van der Waals surface area contributed by atoms with Gasteiger partial charge >= 0.3 is 0 Å². The van der Waals surface area contributed by atoms with Gasteiger partial charge in [0.05, 0.1) is 23.5 Å². The molecule has 2 aromatic rings. The van der Waals surface area contributed by atoms with Crippen molar-refractivity contribution in [2.75, 3.05) is 29.9 Å². The van der Waals surface area contributed by atoms with Crippen LogP contribution in [0.25, 0.3) is 0 Å². The maximum Gasteiger partial charge on any atom is 0.268 e. The summed E-state index contributed by atoms with van der Waals surface area (Å²) in [6.07, 6.45) is 3.28. The Bertz CT molecular complexity index is 770. The van der Waals surface area contributed by atoms with Crippen LogP contribution >= 0.6 is 0 Å². The monoisotopic (exact) mass is 296 g/mol. The smallest absolute Gasteiger partial charge is 0.268 e. The summed E-state index contributed by atoms with van der Waals surface area (Å²) in [5.74, 6) is 0.839. The summed E-state index contributed by atoms with van der Waals surface area (Å²) in [4.78, 5) is 20.1. The maximum atomic E-state index is 11.6. The predicted octanol–water partition coefficient (Wildman–Crippen LogP) is 0.372. The number of hydrogen-bond donors (Lipinski definition) is 0. The number of rotatable bonds is 3. The number of anilines is 2. The van der Waals surface area contributed by atoms with E-state index < -0.39 is 0 Å². The number of aromatic nitrogens is 3. The number of aryl methyl sites for hydroxylation is 1. The van der Waals surface area contributed by atoms with E-state index >= 15 is 0 Å². The van der Waals surface area contributed by atoms with Crippen molar-refractivity contribution >= 4 is 11.5 Å². The third-order valence-corrected chi connectivity index (χ3v) is 3.97. The number of nitriles is 1. The molecule has 112 valence electrons. The fourth-order valence-corrected chi connectivity index (χ4v) is 2.39. The minimum Gasteiger partial charge on any atom is -0.366 e. The summed E-state index contributed by atoms with van der Waals surface area (Å²) in [5.41, 5.74) is 1.29. The van der Waals surface area contributed by atoms with Gasteiger partial charge in [0.2, 0.25) is 0 Å². The standard InChI is InChI=1S/C15H16N6O/c1-19(14-4-3-11(6-16)7-17-14)13-9-21(10-13)12-5-15(22)20(2)18-8-12/h3-5,7-8,13H,9-10H2,1-2H3. The topological polar surface area (TPSA) is 78.1 Å². The van der Waals surface area contributed by atoms with Gasteiger partial charge in [0.25, 0.3) is 5.56 Å². The molecule has 0 unspecified atom stereocenters. The molecule has 0 aromatic carbocycles. The zero-order chi connectivity index (χ0) is 15.7. The van der Waals surface area contributed by atoms with Gasteiger partial charge in [0.1, 0.15) is 11.9 Å². The summed E-state index contributed by atoms with van der Waals surface area (Å²) >= 11 is 0. The molecule has 7 nitrogen and oxygen atoms in total. The Hall–Kier alpha value is -2.88. The molecule has 22 heavy (non-hydrogen) atoms. The lowest BCUT2D eigenvalue weighted by molar-refractivity contribution is 0.491. The normalized spacial score (nSPS) is 14.3. The SMILES string of the molecule is CN(c1ccc(C#N)cn1)C1CN(c2cnn(C)c(=O)c2)C1. The molecule has 1 saturated heterocycles. The van der Waals surface area contributed by atoms with E-state index in [9.17, 15) is 4.79 Å². The predicted molar refractivity (Wildman–Crippen MR) is 82.8 cm³/mol.